The van der Waals surface area contributed by atoms with Crippen LogP contribution in [-0.4, -0.2) is 0 Å². The molecule has 0 aliphatic heterocycles. The molecule has 0 aliphatic carbocycles. The molecule has 130 valence electrons. The van der Waals surface area contributed by atoms with E-state index in [2.05, 4.69) is 85.8 Å². The standard InChI is InChI=1S/C26H21O/c1-20-12-14-21(15-13-20)16-17-25-18-24(22-8-4-2-5-9-22)19-26(27-25)23-10-6-3-7-11-23/h2-19H,1H3/q+1/b17-16+. The zero-order chi connectivity index (χ0) is 18.5. The molecular formula is C26H21O+. The second-order valence-corrected chi connectivity index (χ2v) is 6.59. The van der Waals surface area contributed by atoms with Gasteiger partial charge < -0.3 is 0 Å². The highest BCUT2D eigenvalue weighted by molar-refractivity contribution is 5.74. The van der Waals surface area contributed by atoms with Gasteiger partial charge in [-0.25, -0.2) is 4.42 Å². The van der Waals surface area contributed by atoms with E-state index in [1.807, 2.05) is 30.3 Å². The lowest BCUT2D eigenvalue weighted by Gasteiger charge is -2.00. The van der Waals surface area contributed by atoms with Gasteiger partial charge in [-0.1, -0.05) is 78.4 Å². The summed E-state index contributed by atoms with van der Waals surface area (Å²) in [5.74, 6) is 1.69. The lowest BCUT2D eigenvalue weighted by molar-refractivity contribution is 0.556. The first-order valence-corrected chi connectivity index (χ1v) is 9.12. The Balaban J connectivity index is 1.77. The molecule has 1 heteroatoms. The first-order chi connectivity index (χ1) is 13.3. The fraction of sp³-hybridized carbons (Fsp3) is 0.0385. The van der Waals surface area contributed by atoms with Crippen molar-refractivity contribution in [3.8, 4) is 22.5 Å². The first-order valence-electron chi connectivity index (χ1n) is 9.12. The normalized spacial score (nSPS) is 11.0. The monoisotopic (exact) mass is 349 g/mol. The van der Waals surface area contributed by atoms with Gasteiger partial charge in [0.1, 0.15) is 0 Å². The van der Waals surface area contributed by atoms with E-state index in [4.69, 9.17) is 4.42 Å². The Bertz CT molecular complexity index is 989. The van der Waals surface area contributed by atoms with E-state index in [0.29, 0.717) is 0 Å². The fourth-order valence-corrected chi connectivity index (χ4v) is 3.00. The van der Waals surface area contributed by atoms with Crippen molar-refractivity contribution < 1.29 is 4.42 Å². The first kappa shape index (κ1) is 17.0. The molecule has 0 bridgehead atoms. The van der Waals surface area contributed by atoms with Gasteiger partial charge in [0.2, 0.25) is 0 Å². The van der Waals surface area contributed by atoms with Crippen LogP contribution in [0.2, 0.25) is 0 Å². The van der Waals surface area contributed by atoms with Gasteiger partial charge in [0, 0.05) is 11.6 Å². The molecule has 0 unspecified atom stereocenters. The Morgan fingerprint density at radius 1 is 0.593 bits per heavy atom. The maximum atomic E-state index is 6.18. The lowest BCUT2D eigenvalue weighted by atomic mass is 10.0. The van der Waals surface area contributed by atoms with Crippen LogP contribution in [-0.2, 0) is 0 Å². The second-order valence-electron chi connectivity index (χ2n) is 6.59. The van der Waals surface area contributed by atoms with Gasteiger partial charge in [-0.05, 0) is 36.3 Å². The van der Waals surface area contributed by atoms with Crippen molar-refractivity contribution in [2.45, 2.75) is 6.92 Å². The van der Waals surface area contributed by atoms with Crippen molar-refractivity contribution in [3.63, 3.8) is 0 Å². The van der Waals surface area contributed by atoms with Crippen LogP contribution in [0.3, 0.4) is 0 Å². The minimum atomic E-state index is 0.829. The third-order valence-electron chi connectivity index (χ3n) is 4.49. The van der Waals surface area contributed by atoms with Gasteiger partial charge in [-0.15, -0.1) is 0 Å². The summed E-state index contributed by atoms with van der Waals surface area (Å²) < 4.78 is 6.18. The molecule has 0 fully saturated rings. The van der Waals surface area contributed by atoms with Crippen molar-refractivity contribution >= 4 is 12.2 Å². The quantitative estimate of drug-likeness (QED) is 0.350. The van der Waals surface area contributed by atoms with Crippen LogP contribution in [0, 0.1) is 6.92 Å². The SMILES string of the molecule is Cc1ccc(/C=C/c2cc(-c3ccccc3)cc(-c3ccccc3)[o+]2)cc1. The molecule has 0 atom stereocenters. The third-order valence-corrected chi connectivity index (χ3v) is 4.49. The van der Waals surface area contributed by atoms with Crippen LogP contribution in [0.5, 0.6) is 0 Å². The zero-order valence-electron chi connectivity index (χ0n) is 15.3. The van der Waals surface area contributed by atoms with Gasteiger partial charge in [0.25, 0.3) is 0 Å². The summed E-state index contributed by atoms with van der Waals surface area (Å²) >= 11 is 0. The molecule has 1 nitrogen and oxygen atoms in total. The van der Waals surface area contributed by atoms with E-state index in [9.17, 15) is 0 Å². The fourth-order valence-electron chi connectivity index (χ4n) is 3.00. The average molecular weight is 349 g/mol. The summed E-state index contributed by atoms with van der Waals surface area (Å²) in [7, 11) is 0. The van der Waals surface area contributed by atoms with E-state index < -0.39 is 0 Å². The number of hydrogen-bond donors (Lipinski definition) is 0. The van der Waals surface area contributed by atoms with E-state index >= 15 is 0 Å². The number of rotatable bonds is 4. The van der Waals surface area contributed by atoms with Gasteiger partial charge >= 0.3 is 11.5 Å². The Labute approximate surface area is 160 Å². The molecule has 1 heterocycles. The minimum absolute atomic E-state index is 0.829. The van der Waals surface area contributed by atoms with Crippen LogP contribution in [0.25, 0.3) is 34.6 Å². The van der Waals surface area contributed by atoms with Crippen LogP contribution < -0.4 is 0 Å². The Morgan fingerprint density at radius 3 is 1.89 bits per heavy atom. The molecule has 0 saturated heterocycles. The molecule has 1 aromatic heterocycles. The average Bonchev–Trinajstić information content (AvgIpc) is 2.74. The summed E-state index contributed by atoms with van der Waals surface area (Å²) in [5, 5.41) is 0. The molecule has 4 aromatic rings. The van der Waals surface area contributed by atoms with Crippen molar-refractivity contribution in [1.82, 2.24) is 0 Å². The zero-order valence-corrected chi connectivity index (χ0v) is 15.3. The summed E-state index contributed by atoms with van der Waals surface area (Å²) in [4.78, 5) is 0. The van der Waals surface area contributed by atoms with Crippen molar-refractivity contribution in [1.29, 1.82) is 0 Å². The highest BCUT2D eigenvalue weighted by Gasteiger charge is 2.17. The van der Waals surface area contributed by atoms with E-state index in [0.717, 1.165) is 28.2 Å². The number of benzene rings is 3. The molecule has 3 aromatic carbocycles. The van der Waals surface area contributed by atoms with Crippen LogP contribution in [0.15, 0.2) is 101 Å². The highest BCUT2D eigenvalue weighted by atomic mass is 16.3. The summed E-state index contributed by atoms with van der Waals surface area (Å²) in [5.41, 5.74) is 5.80. The molecule has 0 radical (unpaired) electrons. The lowest BCUT2D eigenvalue weighted by Crippen LogP contribution is -1.84. The predicted octanol–water partition coefficient (Wildman–Crippen LogP) is 7.37. The van der Waals surface area contributed by atoms with Gasteiger partial charge in [0.05, 0.1) is 17.7 Å². The largest absolute Gasteiger partial charge is 0.361 e. The smallest absolute Gasteiger partial charge is 0.207 e. The Kier molecular flexibility index (Phi) is 4.93. The second kappa shape index (κ2) is 7.84. The Morgan fingerprint density at radius 2 is 1.22 bits per heavy atom. The van der Waals surface area contributed by atoms with E-state index in [1.165, 1.54) is 11.1 Å². The maximum absolute atomic E-state index is 6.18. The van der Waals surface area contributed by atoms with Crippen LogP contribution in [0.4, 0.5) is 0 Å². The van der Waals surface area contributed by atoms with Gasteiger partial charge in [-0.2, -0.15) is 0 Å². The van der Waals surface area contributed by atoms with E-state index in [1.54, 1.807) is 0 Å². The van der Waals surface area contributed by atoms with E-state index in [-0.39, 0.29) is 0 Å². The number of aryl methyl sites for hydroxylation is 1. The number of hydrogen-bond acceptors (Lipinski definition) is 0. The van der Waals surface area contributed by atoms with Crippen molar-refractivity contribution in [2.24, 2.45) is 0 Å². The third kappa shape index (κ3) is 4.21. The molecular weight excluding hydrogens is 328 g/mol. The summed E-state index contributed by atoms with van der Waals surface area (Å²) in [6, 6.07) is 33.3. The molecule has 0 amide bonds. The molecule has 4 rings (SSSR count). The summed E-state index contributed by atoms with van der Waals surface area (Å²) in [6.45, 7) is 2.10. The predicted molar refractivity (Wildman–Crippen MR) is 114 cm³/mol. The van der Waals surface area contributed by atoms with Gasteiger partial charge in [-0.3, -0.25) is 0 Å². The maximum Gasteiger partial charge on any atom is 0.361 e. The van der Waals surface area contributed by atoms with Crippen molar-refractivity contribution in [2.75, 3.05) is 0 Å². The molecule has 27 heavy (non-hydrogen) atoms. The molecule has 0 spiro atoms. The van der Waals surface area contributed by atoms with Crippen LogP contribution >= 0.6 is 0 Å². The van der Waals surface area contributed by atoms with Crippen molar-refractivity contribution in [3.05, 3.63) is 114 Å². The summed E-state index contributed by atoms with van der Waals surface area (Å²) in [6.07, 6.45) is 4.12. The topological polar surface area (TPSA) is 11.3 Å². The minimum Gasteiger partial charge on any atom is -0.207 e. The highest BCUT2D eigenvalue weighted by Crippen LogP contribution is 2.29. The van der Waals surface area contributed by atoms with Crippen LogP contribution in [0.1, 0.15) is 16.9 Å². The molecule has 0 N–H and O–H groups in total. The molecule has 0 saturated carbocycles. The van der Waals surface area contributed by atoms with Gasteiger partial charge in [0.15, 0.2) is 0 Å². The Hall–Kier alpha value is -3.45. The molecule has 0 aliphatic rings.